The summed E-state index contributed by atoms with van der Waals surface area (Å²) < 4.78 is 69.4. The van der Waals surface area contributed by atoms with Gasteiger partial charge < -0.3 is 5.11 Å². The highest BCUT2D eigenvalue weighted by Crippen LogP contribution is 2.35. The summed E-state index contributed by atoms with van der Waals surface area (Å²) >= 11 is 0. The Balaban J connectivity index is 1.97. The van der Waals surface area contributed by atoms with Gasteiger partial charge in [0.05, 0.1) is 22.7 Å². The van der Waals surface area contributed by atoms with Crippen LogP contribution in [0.25, 0.3) is 5.57 Å². The predicted molar refractivity (Wildman–Crippen MR) is 102 cm³/mol. The van der Waals surface area contributed by atoms with E-state index in [0.717, 1.165) is 12.1 Å². The SMILES string of the molecule is C=C(C)c1cc(C(F)(F)F)cc(S(=O)(=O)N[C@@H]2CCCc3c2cnn3CC(=O)O)c1. The number of halogens is 3. The zero-order chi connectivity index (χ0) is 22.3. The number of sulfonamides is 1. The van der Waals surface area contributed by atoms with Crippen molar-refractivity contribution in [2.24, 2.45) is 0 Å². The number of hydrogen-bond donors (Lipinski definition) is 2. The molecule has 11 heteroatoms. The van der Waals surface area contributed by atoms with E-state index in [1.165, 1.54) is 17.8 Å². The average Bonchev–Trinajstić information content (AvgIpc) is 3.03. The van der Waals surface area contributed by atoms with Crippen LogP contribution in [0.1, 0.15) is 48.2 Å². The van der Waals surface area contributed by atoms with Gasteiger partial charge in [-0.1, -0.05) is 12.2 Å². The molecule has 0 saturated heterocycles. The van der Waals surface area contributed by atoms with Gasteiger partial charge >= 0.3 is 12.1 Å². The normalized spacial score (nSPS) is 16.9. The van der Waals surface area contributed by atoms with Crippen LogP contribution >= 0.6 is 0 Å². The molecule has 2 aromatic rings. The lowest BCUT2D eigenvalue weighted by Gasteiger charge is -2.24. The summed E-state index contributed by atoms with van der Waals surface area (Å²) in [5, 5.41) is 13.0. The Kier molecular flexibility index (Phi) is 5.79. The van der Waals surface area contributed by atoms with Crippen molar-refractivity contribution in [3.05, 3.63) is 53.4 Å². The monoisotopic (exact) mass is 443 g/mol. The third-order valence-corrected chi connectivity index (χ3v) is 6.33. The lowest BCUT2D eigenvalue weighted by atomic mass is 9.94. The number of aliphatic carboxylic acids is 1. The number of aromatic nitrogens is 2. The first-order valence-corrected chi connectivity index (χ1v) is 10.5. The molecule has 0 unspecified atom stereocenters. The van der Waals surface area contributed by atoms with Gasteiger partial charge in [0, 0.05) is 11.3 Å². The number of nitrogens with zero attached hydrogens (tertiary/aromatic N) is 2. The smallest absolute Gasteiger partial charge is 0.416 e. The van der Waals surface area contributed by atoms with Gasteiger partial charge in [-0.05, 0) is 49.9 Å². The van der Waals surface area contributed by atoms with Crippen LogP contribution in [0.15, 0.2) is 35.9 Å². The van der Waals surface area contributed by atoms with Crippen LogP contribution in [0.5, 0.6) is 0 Å². The zero-order valence-corrected chi connectivity index (χ0v) is 16.8. The number of benzene rings is 1. The molecule has 1 aliphatic rings. The summed E-state index contributed by atoms with van der Waals surface area (Å²) in [7, 11) is -4.30. The van der Waals surface area contributed by atoms with Gasteiger partial charge in [0.2, 0.25) is 10.0 Å². The van der Waals surface area contributed by atoms with Crippen molar-refractivity contribution >= 4 is 21.6 Å². The quantitative estimate of drug-likeness (QED) is 0.713. The van der Waals surface area contributed by atoms with Crippen molar-refractivity contribution in [1.82, 2.24) is 14.5 Å². The van der Waals surface area contributed by atoms with E-state index in [0.29, 0.717) is 42.2 Å². The van der Waals surface area contributed by atoms with E-state index < -0.39 is 38.7 Å². The topological polar surface area (TPSA) is 101 Å². The average molecular weight is 443 g/mol. The Bertz CT molecular complexity index is 1110. The first kappa shape index (κ1) is 22.0. The third kappa shape index (κ3) is 4.57. The number of alkyl halides is 3. The minimum atomic E-state index is -4.72. The molecule has 0 radical (unpaired) electrons. The van der Waals surface area contributed by atoms with Crippen LogP contribution < -0.4 is 4.72 Å². The largest absolute Gasteiger partial charge is 0.480 e. The molecule has 2 N–H and O–H groups in total. The second-order valence-corrected chi connectivity index (χ2v) is 8.90. The molecule has 7 nitrogen and oxygen atoms in total. The standard InChI is InChI=1S/C19H20F3N3O4S/c1-11(2)12-6-13(19(20,21)22)8-14(7-12)30(28,29)24-16-4-3-5-17-15(16)9-23-25(17)10-18(26)27/h6-9,16,24H,1,3-5,10H2,2H3,(H,26,27)/t16-/m1/s1. The van der Waals surface area contributed by atoms with Crippen molar-refractivity contribution in [2.45, 2.75) is 49.8 Å². The highest BCUT2D eigenvalue weighted by Gasteiger charge is 2.34. The molecule has 0 spiro atoms. The van der Waals surface area contributed by atoms with Gasteiger partial charge in [-0.3, -0.25) is 9.48 Å². The summed E-state index contributed by atoms with van der Waals surface area (Å²) in [5.74, 6) is -1.08. The Morgan fingerprint density at radius 2 is 2.07 bits per heavy atom. The Labute approximate surface area is 171 Å². The maximum Gasteiger partial charge on any atom is 0.416 e. The highest BCUT2D eigenvalue weighted by atomic mass is 32.2. The molecule has 0 saturated carbocycles. The zero-order valence-electron chi connectivity index (χ0n) is 16.0. The van der Waals surface area contributed by atoms with Crippen molar-refractivity contribution in [3.8, 4) is 0 Å². The van der Waals surface area contributed by atoms with Gasteiger partial charge in [-0.2, -0.15) is 18.3 Å². The van der Waals surface area contributed by atoms with Crippen LogP contribution in [0, 0.1) is 0 Å². The third-order valence-electron chi connectivity index (χ3n) is 4.88. The maximum atomic E-state index is 13.3. The summed E-state index contributed by atoms with van der Waals surface area (Å²) in [5.41, 5.74) is 0.416. The molecule has 1 aromatic carbocycles. The molecule has 3 rings (SSSR count). The molecular formula is C19H20F3N3O4S. The van der Waals surface area contributed by atoms with Gasteiger partial charge in [-0.25, -0.2) is 13.1 Å². The number of fused-ring (bicyclic) bond motifs is 1. The Morgan fingerprint density at radius 3 is 2.67 bits per heavy atom. The first-order valence-electron chi connectivity index (χ1n) is 9.05. The highest BCUT2D eigenvalue weighted by molar-refractivity contribution is 7.89. The number of hydrogen-bond acceptors (Lipinski definition) is 4. The van der Waals surface area contributed by atoms with Gasteiger partial charge in [0.15, 0.2) is 0 Å². The predicted octanol–water partition coefficient (Wildman–Crippen LogP) is 3.38. The Hall–Kier alpha value is -2.66. The molecule has 1 aliphatic carbocycles. The van der Waals surface area contributed by atoms with Crippen molar-refractivity contribution in [1.29, 1.82) is 0 Å². The van der Waals surface area contributed by atoms with Crippen molar-refractivity contribution in [2.75, 3.05) is 0 Å². The molecule has 0 amide bonds. The molecule has 0 fully saturated rings. The molecule has 0 aliphatic heterocycles. The van der Waals surface area contributed by atoms with Gasteiger partial charge in [-0.15, -0.1) is 0 Å². The fraction of sp³-hybridized carbons (Fsp3) is 0.368. The lowest BCUT2D eigenvalue weighted by Crippen LogP contribution is -2.31. The summed E-state index contributed by atoms with van der Waals surface area (Å²) in [6.45, 7) is 4.73. The minimum Gasteiger partial charge on any atom is -0.480 e. The summed E-state index contributed by atoms with van der Waals surface area (Å²) in [6, 6.07) is 1.88. The molecule has 1 atom stereocenters. The van der Waals surface area contributed by atoms with E-state index in [1.807, 2.05) is 0 Å². The van der Waals surface area contributed by atoms with Crippen LogP contribution in [0.3, 0.4) is 0 Å². The lowest BCUT2D eigenvalue weighted by molar-refractivity contribution is -0.138. The summed E-state index contributed by atoms with van der Waals surface area (Å²) in [6.07, 6.45) is -1.80. The first-order chi connectivity index (χ1) is 13.9. The van der Waals surface area contributed by atoms with E-state index >= 15 is 0 Å². The van der Waals surface area contributed by atoms with E-state index in [4.69, 9.17) is 5.11 Å². The van der Waals surface area contributed by atoms with E-state index in [-0.39, 0.29) is 12.1 Å². The molecule has 1 aromatic heterocycles. The number of rotatable bonds is 6. The van der Waals surface area contributed by atoms with Crippen molar-refractivity contribution in [3.63, 3.8) is 0 Å². The van der Waals surface area contributed by atoms with Crippen molar-refractivity contribution < 1.29 is 31.5 Å². The fourth-order valence-corrected chi connectivity index (χ4v) is 4.74. The molecule has 1 heterocycles. The van der Waals surface area contributed by atoms with Crippen LogP contribution in [0.4, 0.5) is 13.2 Å². The molecule has 0 bridgehead atoms. The van der Waals surface area contributed by atoms with E-state index in [2.05, 4.69) is 16.4 Å². The van der Waals surface area contributed by atoms with E-state index in [1.54, 1.807) is 0 Å². The maximum absolute atomic E-state index is 13.3. The van der Waals surface area contributed by atoms with Crippen LogP contribution in [-0.2, 0) is 34.0 Å². The number of nitrogens with one attached hydrogen (secondary N) is 1. The van der Waals surface area contributed by atoms with Crippen LogP contribution in [0.2, 0.25) is 0 Å². The number of allylic oxidation sites excluding steroid dienone is 1. The van der Waals surface area contributed by atoms with Gasteiger partial charge in [0.25, 0.3) is 0 Å². The number of carbonyl (C=O) groups is 1. The number of carboxylic acid groups (broad SMARTS) is 1. The summed E-state index contributed by atoms with van der Waals surface area (Å²) in [4.78, 5) is 10.5. The second-order valence-electron chi connectivity index (χ2n) is 7.19. The fourth-order valence-electron chi connectivity index (χ4n) is 3.43. The number of carboxylic acids is 1. The molecule has 162 valence electrons. The molecular weight excluding hydrogens is 423 g/mol. The van der Waals surface area contributed by atoms with Crippen LogP contribution in [-0.4, -0.2) is 29.3 Å². The molecule has 30 heavy (non-hydrogen) atoms. The Morgan fingerprint density at radius 1 is 1.37 bits per heavy atom. The minimum absolute atomic E-state index is 0.0730. The van der Waals surface area contributed by atoms with E-state index in [9.17, 15) is 26.4 Å². The second kappa shape index (κ2) is 7.88. The van der Waals surface area contributed by atoms with Gasteiger partial charge in [0.1, 0.15) is 6.54 Å².